The molecular weight excluding hydrogens is 384 g/mol. The molecule has 3 heteroatoms. The predicted molar refractivity (Wildman–Crippen MR) is 122 cm³/mol. The van der Waals surface area contributed by atoms with Gasteiger partial charge < -0.3 is 9.47 Å². The van der Waals surface area contributed by atoms with Crippen molar-refractivity contribution in [3.63, 3.8) is 0 Å². The second kappa shape index (κ2) is 10.4. The Kier molecular flexibility index (Phi) is 7.16. The maximum Gasteiger partial charge on any atom is 0.335 e. The van der Waals surface area contributed by atoms with E-state index in [1.54, 1.807) is 0 Å². The lowest BCUT2D eigenvalue weighted by Crippen LogP contribution is -2.49. The molecule has 3 aromatic rings. The van der Waals surface area contributed by atoms with Gasteiger partial charge in [-0.25, -0.2) is 4.79 Å². The standard InChI is InChI=1S/C28H30O3/c1-21-25(19-23-13-7-3-8-14-23)26(18-17-22-11-5-2-6-12-22)31-28(29)27(21)30-20-24-15-9-4-10-16-24/h2-16,21,25-27H,17-20H2,1H3/t21?,25-,26+,27+/m0/s1. The highest BCUT2D eigenvalue weighted by atomic mass is 16.6. The molecule has 1 heterocycles. The van der Waals surface area contributed by atoms with E-state index in [1.807, 2.05) is 42.5 Å². The molecule has 1 saturated heterocycles. The molecule has 1 fully saturated rings. The van der Waals surface area contributed by atoms with Gasteiger partial charge in [-0.15, -0.1) is 0 Å². The molecule has 3 nitrogen and oxygen atoms in total. The van der Waals surface area contributed by atoms with Gasteiger partial charge in [0.25, 0.3) is 0 Å². The average molecular weight is 415 g/mol. The van der Waals surface area contributed by atoms with Crippen LogP contribution in [0, 0.1) is 11.8 Å². The normalized spacial score (nSPS) is 23.3. The summed E-state index contributed by atoms with van der Waals surface area (Å²) in [7, 11) is 0. The Hall–Kier alpha value is -2.91. The van der Waals surface area contributed by atoms with Crippen LogP contribution in [-0.4, -0.2) is 18.2 Å². The summed E-state index contributed by atoms with van der Waals surface area (Å²) in [5.74, 6) is 0.0568. The Morgan fingerprint density at radius 3 is 1.94 bits per heavy atom. The van der Waals surface area contributed by atoms with Crippen molar-refractivity contribution >= 4 is 5.97 Å². The van der Waals surface area contributed by atoms with Crippen LogP contribution in [0.15, 0.2) is 91.0 Å². The number of hydrogen-bond acceptors (Lipinski definition) is 3. The molecule has 160 valence electrons. The molecule has 3 aromatic carbocycles. The van der Waals surface area contributed by atoms with Crippen LogP contribution in [0.5, 0.6) is 0 Å². The highest BCUT2D eigenvalue weighted by Gasteiger charge is 2.43. The summed E-state index contributed by atoms with van der Waals surface area (Å²) in [4.78, 5) is 12.9. The van der Waals surface area contributed by atoms with Gasteiger partial charge in [0, 0.05) is 5.92 Å². The number of esters is 1. The number of rotatable bonds is 8. The van der Waals surface area contributed by atoms with Crippen LogP contribution in [0.2, 0.25) is 0 Å². The van der Waals surface area contributed by atoms with Gasteiger partial charge >= 0.3 is 5.97 Å². The van der Waals surface area contributed by atoms with Crippen LogP contribution < -0.4 is 0 Å². The molecule has 0 N–H and O–H groups in total. The fourth-order valence-electron chi connectivity index (χ4n) is 4.49. The number of carbonyl (C=O) groups is 1. The number of benzene rings is 3. The van der Waals surface area contributed by atoms with Crippen molar-refractivity contribution in [2.75, 3.05) is 0 Å². The number of carbonyl (C=O) groups excluding carboxylic acids is 1. The fraction of sp³-hybridized carbons (Fsp3) is 0.321. The molecule has 1 aliphatic heterocycles. The molecule has 0 aromatic heterocycles. The van der Waals surface area contributed by atoms with E-state index in [0.29, 0.717) is 6.61 Å². The quantitative estimate of drug-likeness (QED) is 0.449. The largest absolute Gasteiger partial charge is 0.460 e. The third-order valence-electron chi connectivity index (χ3n) is 6.28. The lowest BCUT2D eigenvalue weighted by molar-refractivity contribution is -0.188. The summed E-state index contributed by atoms with van der Waals surface area (Å²) >= 11 is 0. The second-order valence-electron chi connectivity index (χ2n) is 8.43. The van der Waals surface area contributed by atoms with Crippen molar-refractivity contribution in [1.82, 2.24) is 0 Å². The first-order chi connectivity index (χ1) is 15.2. The molecule has 4 atom stereocenters. The number of ether oxygens (including phenoxy) is 2. The SMILES string of the molecule is CC1[C@@H](OCc2ccccc2)C(=O)O[C@H](CCc2ccccc2)[C@H]1Cc1ccccc1. The molecule has 31 heavy (non-hydrogen) atoms. The predicted octanol–water partition coefficient (Wildman–Crippen LogP) is 5.63. The van der Waals surface area contributed by atoms with Crippen molar-refractivity contribution in [3.8, 4) is 0 Å². The van der Waals surface area contributed by atoms with E-state index < -0.39 is 6.10 Å². The van der Waals surface area contributed by atoms with Crippen LogP contribution in [0.25, 0.3) is 0 Å². The molecule has 1 aliphatic rings. The van der Waals surface area contributed by atoms with Crippen molar-refractivity contribution < 1.29 is 14.3 Å². The van der Waals surface area contributed by atoms with Gasteiger partial charge in [-0.3, -0.25) is 0 Å². The molecule has 0 bridgehead atoms. The van der Waals surface area contributed by atoms with Crippen LogP contribution in [-0.2, 0) is 33.7 Å². The third kappa shape index (κ3) is 5.62. The summed E-state index contributed by atoms with van der Waals surface area (Å²) in [5.41, 5.74) is 3.60. The summed E-state index contributed by atoms with van der Waals surface area (Å²) < 4.78 is 12.1. The van der Waals surface area contributed by atoms with Gasteiger partial charge in [-0.1, -0.05) is 97.9 Å². The van der Waals surface area contributed by atoms with Gasteiger partial charge in [0.2, 0.25) is 0 Å². The minimum Gasteiger partial charge on any atom is -0.460 e. The minimum atomic E-state index is -0.540. The first-order valence-corrected chi connectivity index (χ1v) is 11.1. The molecular formula is C28H30O3. The number of cyclic esters (lactones) is 1. The lowest BCUT2D eigenvalue weighted by Gasteiger charge is -2.40. The molecule has 1 unspecified atom stereocenters. The topological polar surface area (TPSA) is 35.5 Å². The van der Waals surface area contributed by atoms with Crippen LogP contribution in [0.3, 0.4) is 0 Å². The molecule has 0 radical (unpaired) electrons. The summed E-state index contributed by atoms with van der Waals surface area (Å²) in [5, 5.41) is 0. The minimum absolute atomic E-state index is 0.0749. The zero-order valence-corrected chi connectivity index (χ0v) is 18.0. The van der Waals surface area contributed by atoms with Crippen LogP contribution in [0.1, 0.15) is 30.0 Å². The van der Waals surface area contributed by atoms with E-state index in [4.69, 9.17) is 9.47 Å². The Bertz CT molecular complexity index is 940. The summed E-state index contributed by atoms with van der Waals surface area (Å²) in [6.07, 6.45) is 1.94. The maximum absolute atomic E-state index is 12.9. The Morgan fingerprint density at radius 2 is 1.32 bits per heavy atom. The van der Waals surface area contributed by atoms with Crippen molar-refractivity contribution in [1.29, 1.82) is 0 Å². The van der Waals surface area contributed by atoms with Gasteiger partial charge in [-0.05, 0) is 41.9 Å². The van der Waals surface area contributed by atoms with Gasteiger partial charge in [0.1, 0.15) is 6.10 Å². The number of hydrogen-bond donors (Lipinski definition) is 0. The van der Waals surface area contributed by atoms with E-state index in [0.717, 1.165) is 24.8 Å². The number of aryl methyl sites for hydroxylation is 1. The van der Waals surface area contributed by atoms with Crippen molar-refractivity contribution in [3.05, 3.63) is 108 Å². The third-order valence-corrected chi connectivity index (χ3v) is 6.28. The average Bonchev–Trinajstić information content (AvgIpc) is 2.81. The zero-order chi connectivity index (χ0) is 21.5. The first-order valence-electron chi connectivity index (χ1n) is 11.1. The maximum atomic E-state index is 12.9. The van der Waals surface area contributed by atoms with Crippen molar-refractivity contribution in [2.45, 2.75) is 45.0 Å². The fourth-order valence-corrected chi connectivity index (χ4v) is 4.49. The van der Waals surface area contributed by atoms with E-state index in [-0.39, 0.29) is 23.9 Å². The van der Waals surface area contributed by atoms with E-state index in [2.05, 4.69) is 55.5 Å². The smallest absolute Gasteiger partial charge is 0.335 e. The Balaban J connectivity index is 1.49. The van der Waals surface area contributed by atoms with E-state index in [9.17, 15) is 4.79 Å². The van der Waals surface area contributed by atoms with E-state index in [1.165, 1.54) is 11.1 Å². The van der Waals surface area contributed by atoms with Crippen LogP contribution in [0.4, 0.5) is 0 Å². The molecule has 0 spiro atoms. The van der Waals surface area contributed by atoms with Crippen molar-refractivity contribution in [2.24, 2.45) is 11.8 Å². The van der Waals surface area contributed by atoms with Gasteiger partial charge in [0.05, 0.1) is 6.61 Å². The van der Waals surface area contributed by atoms with E-state index >= 15 is 0 Å². The summed E-state index contributed by atoms with van der Waals surface area (Å²) in [6, 6.07) is 30.9. The monoisotopic (exact) mass is 414 g/mol. The highest BCUT2D eigenvalue weighted by molar-refractivity contribution is 5.76. The Morgan fingerprint density at radius 1 is 0.774 bits per heavy atom. The second-order valence-corrected chi connectivity index (χ2v) is 8.43. The Labute approximate surface area is 185 Å². The zero-order valence-electron chi connectivity index (χ0n) is 18.0. The molecule has 0 amide bonds. The lowest BCUT2D eigenvalue weighted by atomic mass is 9.77. The molecule has 4 rings (SSSR count). The summed E-state index contributed by atoms with van der Waals surface area (Å²) in [6.45, 7) is 2.55. The molecule has 0 aliphatic carbocycles. The van der Waals surface area contributed by atoms with Crippen LogP contribution >= 0.6 is 0 Å². The van der Waals surface area contributed by atoms with Gasteiger partial charge in [-0.2, -0.15) is 0 Å². The first kappa shape index (κ1) is 21.3. The van der Waals surface area contributed by atoms with Gasteiger partial charge in [0.15, 0.2) is 6.10 Å². The highest BCUT2D eigenvalue weighted by Crippen LogP contribution is 2.35. The molecule has 0 saturated carbocycles.